The molecule has 1 N–H and O–H groups in total. The number of sulfonamides is 1. The van der Waals surface area contributed by atoms with Crippen molar-refractivity contribution in [2.45, 2.75) is 11.8 Å². The molecule has 0 unspecified atom stereocenters. The van der Waals surface area contributed by atoms with Gasteiger partial charge in [-0.1, -0.05) is 12.1 Å². The lowest BCUT2D eigenvalue weighted by Crippen LogP contribution is -2.27. The lowest BCUT2D eigenvalue weighted by atomic mass is 10.2. The Labute approximate surface area is 139 Å². The van der Waals surface area contributed by atoms with E-state index in [1.54, 1.807) is 6.92 Å². The van der Waals surface area contributed by atoms with Crippen LogP contribution >= 0.6 is 0 Å². The Hall–Kier alpha value is -2.61. The zero-order valence-electron chi connectivity index (χ0n) is 13.1. The first kappa shape index (κ1) is 17.7. The van der Waals surface area contributed by atoms with Crippen molar-refractivity contribution in [3.05, 3.63) is 53.8 Å². The third-order valence-corrected chi connectivity index (χ3v) is 5.10. The van der Waals surface area contributed by atoms with E-state index in [9.17, 15) is 22.7 Å². The second-order valence-corrected chi connectivity index (χ2v) is 6.79. The van der Waals surface area contributed by atoms with E-state index in [4.69, 9.17) is 4.74 Å². The van der Waals surface area contributed by atoms with E-state index in [1.165, 1.54) is 37.4 Å². The summed E-state index contributed by atoms with van der Waals surface area (Å²) in [6.45, 7) is 1.92. The molecular formula is C16H16FNO5S. The van der Waals surface area contributed by atoms with Crippen LogP contribution in [0.25, 0.3) is 0 Å². The van der Waals surface area contributed by atoms with Crippen molar-refractivity contribution in [3.63, 3.8) is 0 Å². The van der Waals surface area contributed by atoms with Crippen LogP contribution in [0.4, 0.5) is 10.1 Å². The maximum atomic E-state index is 13.8. The molecule has 0 bridgehead atoms. The summed E-state index contributed by atoms with van der Waals surface area (Å²) in [5.74, 6) is -1.95. The van der Waals surface area contributed by atoms with Crippen molar-refractivity contribution in [1.29, 1.82) is 0 Å². The van der Waals surface area contributed by atoms with Crippen molar-refractivity contribution in [1.82, 2.24) is 0 Å². The first-order valence-electron chi connectivity index (χ1n) is 7.02. The molecule has 2 aromatic rings. The maximum absolute atomic E-state index is 13.8. The highest BCUT2D eigenvalue weighted by molar-refractivity contribution is 7.92. The van der Waals surface area contributed by atoms with Crippen LogP contribution in [0, 0.1) is 5.82 Å². The molecular weight excluding hydrogens is 337 g/mol. The number of hydrogen-bond donors (Lipinski definition) is 1. The Kier molecular flexibility index (Phi) is 5.08. The predicted octanol–water partition coefficient (Wildman–Crippen LogP) is 2.75. The van der Waals surface area contributed by atoms with Crippen molar-refractivity contribution < 1.29 is 27.4 Å². The van der Waals surface area contributed by atoms with Gasteiger partial charge in [-0.3, -0.25) is 4.31 Å². The highest BCUT2D eigenvalue weighted by atomic mass is 32.2. The second-order valence-electron chi connectivity index (χ2n) is 4.82. The molecule has 6 nitrogen and oxygen atoms in total. The van der Waals surface area contributed by atoms with E-state index in [0.29, 0.717) is 0 Å². The average molecular weight is 353 g/mol. The molecule has 0 spiro atoms. The molecule has 24 heavy (non-hydrogen) atoms. The van der Waals surface area contributed by atoms with Crippen LogP contribution < -0.4 is 9.04 Å². The van der Waals surface area contributed by atoms with E-state index in [2.05, 4.69) is 0 Å². The highest BCUT2D eigenvalue weighted by Gasteiger charge is 2.25. The van der Waals surface area contributed by atoms with Crippen molar-refractivity contribution >= 4 is 21.7 Å². The van der Waals surface area contributed by atoms with Gasteiger partial charge in [-0.05, 0) is 37.3 Å². The zero-order chi connectivity index (χ0) is 17.9. The number of anilines is 1. The van der Waals surface area contributed by atoms with Gasteiger partial charge >= 0.3 is 5.97 Å². The fourth-order valence-corrected chi connectivity index (χ4v) is 3.34. The van der Waals surface area contributed by atoms with Gasteiger partial charge in [0.1, 0.15) is 17.1 Å². The van der Waals surface area contributed by atoms with Gasteiger partial charge in [-0.25, -0.2) is 17.6 Å². The first-order chi connectivity index (χ1) is 11.3. The number of ether oxygens (including phenoxy) is 1. The van der Waals surface area contributed by atoms with Gasteiger partial charge in [0.05, 0.1) is 17.2 Å². The van der Waals surface area contributed by atoms with Crippen molar-refractivity contribution in [2.75, 3.05) is 18.0 Å². The SMILES string of the molecule is CCOc1ccc(S(=O)(=O)N(C)c2ccccc2F)cc1C(=O)O. The molecule has 0 heterocycles. The van der Waals surface area contributed by atoms with E-state index < -0.39 is 21.8 Å². The van der Waals surface area contributed by atoms with Crippen LogP contribution in [0.15, 0.2) is 47.4 Å². The fraction of sp³-hybridized carbons (Fsp3) is 0.188. The Bertz CT molecular complexity index is 867. The molecule has 0 radical (unpaired) electrons. The van der Waals surface area contributed by atoms with Crippen molar-refractivity contribution in [3.8, 4) is 5.75 Å². The number of carboxylic acids is 1. The molecule has 8 heteroatoms. The molecule has 0 aromatic heterocycles. The summed E-state index contributed by atoms with van der Waals surface area (Å²) in [6.07, 6.45) is 0. The topological polar surface area (TPSA) is 83.9 Å². The summed E-state index contributed by atoms with van der Waals surface area (Å²) in [5, 5.41) is 9.23. The van der Waals surface area contributed by atoms with Crippen LogP contribution in [-0.4, -0.2) is 33.1 Å². The Morgan fingerprint density at radius 3 is 2.50 bits per heavy atom. The molecule has 2 aromatic carbocycles. The Morgan fingerprint density at radius 1 is 1.25 bits per heavy atom. The van der Waals surface area contributed by atoms with Gasteiger partial charge in [-0.2, -0.15) is 0 Å². The fourth-order valence-electron chi connectivity index (χ4n) is 2.11. The monoisotopic (exact) mass is 353 g/mol. The second kappa shape index (κ2) is 6.88. The smallest absolute Gasteiger partial charge is 0.339 e. The summed E-state index contributed by atoms with van der Waals surface area (Å²) in [7, 11) is -2.93. The Balaban J connectivity index is 2.52. The Morgan fingerprint density at radius 2 is 1.92 bits per heavy atom. The van der Waals surface area contributed by atoms with E-state index in [0.717, 1.165) is 16.4 Å². The van der Waals surface area contributed by atoms with Crippen molar-refractivity contribution in [2.24, 2.45) is 0 Å². The minimum absolute atomic E-state index is 0.0671. The van der Waals surface area contributed by atoms with Gasteiger partial charge < -0.3 is 9.84 Å². The quantitative estimate of drug-likeness (QED) is 0.863. The number of para-hydroxylation sites is 1. The maximum Gasteiger partial charge on any atom is 0.339 e. The number of carbonyl (C=O) groups is 1. The number of nitrogens with zero attached hydrogens (tertiary/aromatic N) is 1. The molecule has 0 saturated carbocycles. The summed E-state index contributed by atoms with van der Waals surface area (Å²) < 4.78 is 45.1. The largest absolute Gasteiger partial charge is 0.493 e. The minimum Gasteiger partial charge on any atom is -0.493 e. The number of hydrogen-bond acceptors (Lipinski definition) is 4. The molecule has 0 amide bonds. The average Bonchev–Trinajstić information content (AvgIpc) is 2.55. The summed E-state index contributed by atoms with van der Waals surface area (Å²) in [4.78, 5) is 11.1. The number of carboxylic acid groups (broad SMARTS) is 1. The predicted molar refractivity (Wildman–Crippen MR) is 86.6 cm³/mol. The van der Waals surface area contributed by atoms with Crippen LogP contribution in [0.3, 0.4) is 0 Å². The molecule has 0 aliphatic heterocycles. The van der Waals surface area contributed by atoms with Gasteiger partial charge in [0.2, 0.25) is 0 Å². The van der Waals surface area contributed by atoms with E-state index in [1.807, 2.05) is 0 Å². The standard InChI is InChI=1S/C16H16FNO5S/c1-3-23-15-9-8-11(10-12(15)16(19)20)24(21,22)18(2)14-7-5-4-6-13(14)17/h4-10H,3H2,1-2H3,(H,19,20). The van der Waals surface area contributed by atoms with Gasteiger partial charge in [0.25, 0.3) is 10.0 Å². The molecule has 0 atom stereocenters. The molecule has 2 rings (SSSR count). The van der Waals surface area contributed by atoms with Crippen LogP contribution in [0.2, 0.25) is 0 Å². The van der Waals surface area contributed by atoms with Gasteiger partial charge in [-0.15, -0.1) is 0 Å². The summed E-state index contributed by atoms with van der Waals surface area (Å²) >= 11 is 0. The normalized spacial score (nSPS) is 11.1. The number of aromatic carboxylic acids is 1. The first-order valence-corrected chi connectivity index (χ1v) is 8.46. The summed E-state index contributed by atoms with van der Waals surface area (Å²) in [5.41, 5.74) is -0.414. The number of benzene rings is 2. The van der Waals surface area contributed by atoms with Crippen LogP contribution in [0.5, 0.6) is 5.75 Å². The number of rotatable bonds is 6. The molecule has 0 fully saturated rings. The lowest BCUT2D eigenvalue weighted by molar-refractivity contribution is 0.0692. The minimum atomic E-state index is -4.13. The lowest BCUT2D eigenvalue weighted by Gasteiger charge is -2.20. The van der Waals surface area contributed by atoms with E-state index >= 15 is 0 Å². The molecule has 0 aliphatic carbocycles. The molecule has 0 saturated heterocycles. The van der Waals surface area contributed by atoms with Gasteiger partial charge in [0, 0.05) is 7.05 Å². The van der Waals surface area contributed by atoms with E-state index in [-0.39, 0.29) is 28.5 Å². The van der Waals surface area contributed by atoms with Crippen LogP contribution in [0.1, 0.15) is 17.3 Å². The molecule has 0 aliphatic rings. The highest BCUT2D eigenvalue weighted by Crippen LogP contribution is 2.28. The number of halogens is 1. The third kappa shape index (κ3) is 3.33. The van der Waals surface area contributed by atoms with Crippen LogP contribution in [-0.2, 0) is 10.0 Å². The third-order valence-electron chi connectivity index (χ3n) is 3.33. The molecule has 128 valence electrons. The van der Waals surface area contributed by atoms with Gasteiger partial charge in [0.15, 0.2) is 0 Å². The summed E-state index contributed by atoms with van der Waals surface area (Å²) in [6, 6.07) is 8.91. The zero-order valence-corrected chi connectivity index (χ0v) is 13.9.